The predicted molar refractivity (Wildman–Crippen MR) is 120 cm³/mol. The zero-order valence-corrected chi connectivity index (χ0v) is 18.0. The van der Waals surface area contributed by atoms with Crippen LogP contribution in [0.2, 0.25) is 0 Å². The van der Waals surface area contributed by atoms with Crippen LogP contribution < -0.4 is 21.4 Å². The van der Waals surface area contributed by atoms with Gasteiger partial charge in [0.25, 0.3) is 5.91 Å². The lowest BCUT2D eigenvalue weighted by Gasteiger charge is -2.20. The quantitative estimate of drug-likeness (QED) is 0.286. The van der Waals surface area contributed by atoms with Crippen molar-refractivity contribution in [2.45, 2.75) is 32.4 Å². The summed E-state index contributed by atoms with van der Waals surface area (Å²) in [7, 11) is 0. The molecule has 2 aromatic carbocycles. The average molecular weight is 441 g/mol. The maximum absolute atomic E-state index is 13.0. The fourth-order valence-electron chi connectivity index (χ4n) is 3.04. The largest absolute Gasteiger partial charge is 0.336 e. The van der Waals surface area contributed by atoms with Crippen molar-refractivity contribution in [2.24, 2.45) is 0 Å². The number of carbonyl (C=O) groups is 3. The van der Waals surface area contributed by atoms with Gasteiger partial charge in [-0.15, -0.1) is 11.3 Å². The summed E-state index contributed by atoms with van der Waals surface area (Å²) in [4.78, 5) is 37.2. The minimum atomic E-state index is -0.782. The lowest BCUT2D eigenvalue weighted by Crippen LogP contribution is -2.50. The van der Waals surface area contributed by atoms with Gasteiger partial charge in [0.1, 0.15) is 6.04 Å². The molecule has 0 aliphatic heterocycles. The van der Waals surface area contributed by atoms with Gasteiger partial charge in [0.05, 0.1) is 4.88 Å². The Hall–Kier alpha value is -3.43. The number of nitrogens with one attached hydrogen (secondary N) is 4. The number of hydrogen-bond donors (Lipinski definition) is 5. The molecule has 0 fully saturated rings. The van der Waals surface area contributed by atoms with Crippen molar-refractivity contribution in [3.05, 3.63) is 65.0 Å². The summed E-state index contributed by atoms with van der Waals surface area (Å²) < 4.78 is 0.840. The Morgan fingerprint density at radius 2 is 1.74 bits per heavy atom. The van der Waals surface area contributed by atoms with E-state index >= 15 is 0 Å². The number of thiophene rings is 1. The van der Waals surface area contributed by atoms with E-state index in [4.69, 9.17) is 5.21 Å². The van der Waals surface area contributed by atoms with E-state index in [1.165, 1.54) is 11.3 Å². The summed E-state index contributed by atoms with van der Waals surface area (Å²) in [5, 5.41) is 17.9. The van der Waals surface area contributed by atoms with E-state index in [9.17, 15) is 14.4 Å². The van der Waals surface area contributed by atoms with Crippen molar-refractivity contribution in [3.63, 3.8) is 0 Å². The molecule has 0 spiro atoms. The number of amides is 4. The van der Waals surface area contributed by atoms with E-state index in [1.54, 1.807) is 29.7 Å². The van der Waals surface area contributed by atoms with E-state index in [0.717, 1.165) is 15.6 Å². The minimum Gasteiger partial charge on any atom is -0.336 e. The van der Waals surface area contributed by atoms with Gasteiger partial charge in [0.15, 0.2) is 0 Å². The molecule has 5 N–H and O–H groups in total. The predicted octanol–water partition coefficient (Wildman–Crippen LogP) is 3.28. The number of hydroxylamine groups is 1. The van der Waals surface area contributed by atoms with E-state index in [0.29, 0.717) is 17.0 Å². The van der Waals surface area contributed by atoms with Crippen molar-refractivity contribution in [2.75, 3.05) is 5.32 Å². The second-order valence-electron chi connectivity index (χ2n) is 7.31. The third-order valence-corrected chi connectivity index (χ3v) is 5.55. The summed E-state index contributed by atoms with van der Waals surface area (Å²) in [6.45, 7) is 3.68. The van der Waals surface area contributed by atoms with Crippen molar-refractivity contribution in [3.8, 4) is 0 Å². The van der Waals surface area contributed by atoms with Crippen LogP contribution in [-0.4, -0.2) is 35.1 Å². The van der Waals surface area contributed by atoms with E-state index in [-0.39, 0.29) is 11.9 Å². The lowest BCUT2D eigenvalue weighted by molar-refractivity contribution is -0.117. The van der Waals surface area contributed by atoms with Gasteiger partial charge in [-0.1, -0.05) is 30.3 Å². The Bertz CT molecular complexity index is 1080. The molecule has 1 aromatic heterocycles. The Balaban J connectivity index is 1.78. The molecule has 1 atom stereocenters. The molecule has 3 aromatic rings. The number of fused-ring (bicyclic) bond motifs is 1. The number of benzene rings is 2. The summed E-state index contributed by atoms with van der Waals surface area (Å²) in [5.74, 6) is -0.944. The maximum Gasteiger partial charge on any atom is 0.315 e. The standard InChI is InChI=1S/C22H24N4O4S/c1-13(2)23-22(29)25-17(10-14-6-4-3-5-7-14)20(27)24-16-8-9-18-15(11-16)12-19(31-18)21(28)26-30/h3-9,11-13,17,30H,10H2,1-2H3,(H,24,27)(H,26,28)(H2,23,25,29)/t17-/m0/s1. The first-order valence-electron chi connectivity index (χ1n) is 9.75. The SMILES string of the molecule is CC(C)NC(=O)N[C@@H](Cc1ccccc1)C(=O)Nc1ccc2sc(C(=O)NO)cc2c1. The van der Waals surface area contributed by atoms with Crippen LogP contribution in [0.25, 0.3) is 10.1 Å². The Labute approximate surface area is 183 Å². The van der Waals surface area contributed by atoms with Crippen LogP contribution in [0.5, 0.6) is 0 Å². The average Bonchev–Trinajstić information content (AvgIpc) is 3.16. The van der Waals surface area contributed by atoms with Crippen LogP contribution in [0.1, 0.15) is 29.1 Å². The molecule has 0 saturated carbocycles. The summed E-state index contributed by atoms with van der Waals surface area (Å²) in [6.07, 6.45) is 0.333. The number of hydrogen-bond acceptors (Lipinski definition) is 5. The molecule has 0 aliphatic carbocycles. The Kier molecular flexibility index (Phi) is 7.22. The third kappa shape index (κ3) is 6.03. The first-order valence-corrected chi connectivity index (χ1v) is 10.6. The monoisotopic (exact) mass is 440 g/mol. The van der Waals surface area contributed by atoms with Crippen LogP contribution in [0.15, 0.2) is 54.6 Å². The van der Waals surface area contributed by atoms with Gasteiger partial charge in [-0.05, 0) is 49.1 Å². The molecular weight excluding hydrogens is 416 g/mol. The molecule has 4 amide bonds. The lowest BCUT2D eigenvalue weighted by atomic mass is 10.1. The summed E-state index contributed by atoms with van der Waals surface area (Å²) in [5.41, 5.74) is 3.07. The first-order chi connectivity index (χ1) is 14.9. The number of carbonyl (C=O) groups excluding carboxylic acids is 3. The zero-order valence-electron chi connectivity index (χ0n) is 17.1. The smallest absolute Gasteiger partial charge is 0.315 e. The van der Waals surface area contributed by atoms with Crippen LogP contribution in [-0.2, 0) is 11.2 Å². The van der Waals surface area contributed by atoms with Crippen LogP contribution >= 0.6 is 11.3 Å². The van der Waals surface area contributed by atoms with E-state index in [1.807, 2.05) is 44.2 Å². The second-order valence-corrected chi connectivity index (χ2v) is 8.39. The molecule has 0 aliphatic rings. The highest BCUT2D eigenvalue weighted by atomic mass is 32.1. The van der Waals surface area contributed by atoms with Crippen molar-refractivity contribution in [1.29, 1.82) is 0 Å². The number of anilines is 1. The van der Waals surface area contributed by atoms with E-state index in [2.05, 4.69) is 16.0 Å². The molecule has 3 rings (SSSR count). The molecular formula is C22H24N4O4S. The molecule has 0 saturated heterocycles. The summed E-state index contributed by atoms with van der Waals surface area (Å²) in [6, 6.07) is 15.1. The molecule has 9 heteroatoms. The molecule has 8 nitrogen and oxygen atoms in total. The second kappa shape index (κ2) is 10.1. The molecule has 0 unspecified atom stereocenters. The Morgan fingerprint density at radius 1 is 1.00 bits per heavy atom. The minimum absolute atomic E-state index is 0.0632. The van der Waals surface area contributed by atoms with Gasteiger partial charge >= 0.3 is 6.03 Å². The highest BCUT2D eigenvalue weighted by molar-refractivity contribution is 7.20. The van der Waals surface area contributed by atoms with Crippen molar-refractivity contribution >= 4 is 45.0 Å². The number of rotatable bonds is 7. The van der Waals surface area contributed by atoms with Gasteiger partial charge in [-0.3, -0.25) is 14.8 Å². The van der Waals surface area contributed by atoms with Crippen LogP contribution in [0.4, 0.5) is 10.5 Å². The van der Waals surface area contributed by atoms with Crippen LogP contribution in [0, 0.1) is 0 Å². The fraction of sp³-hybridized carbons (Fsp3) is 0.227. The molecule has 0 radical (unpaired) electrons. The van der Waals surface area contributed by atoms with Crippen LogP contribution in [0.3, 0.4) is 0 Å². The zero-order chi connectivity index (χ0) is 22.4. The molecule has 1 heterocycles. The van der Waals surface area contributed by atoms with Gasteiger partial charge in [0.2, 0.25) is 5.91 Å². The highest BCUT2D eigenvalue weighted by Gasteiger charge is 2.22. The Morgan fingerprint density at radius 3 is 2.42 bits per heavy atom. The molecule has 162 valence electrons. The van der Waals surface area contributed by atoms with Crippen molar-refractivity contribution in [1.82, 2.24) is 16.1 Å². The van der Waals surface area contributed by atoms with Gasteiger partial charge in [0, 0.05) is 22.8 Å². The first kappa shape index (κ1) is 22.3. The third-order valence-electron chi connectivity index (χ3n) is 4.43. The number of urea groups is 1. The van der Waals surface area contributed by atoms with Gasteiger partial charge in [-0.2, -0.15) is 0 Å². The summed E-state index contributed by atoms with van der Waals surface area (Å²) >= 11 is 1.23. The van der Waals surface area contributed by atoms with Gasteiger partial charge < -0.3 is 16.0 Å². The molecule has 31 heavy (non-hydrogen) atoms. The van der Waals surface area contributed by atoms with E-state index < -0.39 is 18.0 Å². The maximum atomic E-state index is 13.0. The normalized spacial score (nSPS) is 11.7. The fourth-order valence-corrected chi connectivity index (χ4v) is 3.97. The highest BCUT2D eigenvalue weighted by Crippen LogP contribution is 2.28. The van der Waals surface area contributed by atoms with Gasteiger partial charge in [-0.25, -0.2) is 10.3 Å². The topological polar surface area (TPSA) is 120 Å². The van der Waals surface area contributed by atoms with Crippen molar-refractivity contribution < 1.29 is 19.6 Å². The molecule has 0 bridgehead atoms.